The molecule has 0 bridgehead atoms. The fraction of sp³-hybridized carbons (Fsp3) is 0.231. The minimum atomic E-state index is -0.949. The Labute approximate surface area is 192 Å². The Kier molecular flexibility index (Phi) is 5.46. The van der Waals surface area contributed by atoms with E-state index in [-0.39, 0.29) is 18.0 Å². The van der Waals surface area contributed by atoms with Gasteiger partial charge in [0.25, 0.3) is 0 Å². The van der Waals surface area contributed by atoms with Gasteiger partial charge in [-0.25, -0.2) is 14.2 Å². The van der Waals surface area contributed by atoms with E-state index in [2.05, 4.69) is 4.99 Å². The van der Waals surface area contributed by atoms with Crippen LogP contribution in [0.2, 0.25) is 0 Å². The number of rotatable bonds is 4. The van der Waals surface area contributed by atoms with Gasteiger partial charge in [-0.3, -0.25) is 4.90 Å². The zero-order chi connectivity index (χ0) is 22.8. The summed E-state index contributed by atoms with van der Waals surface area (Å²) < 4.78 is 19.4. The van der Waals surface area contributed by atoms with Gasteiger partial charge in [0.1, 0.15) is 11.9 Å². The second-order valence-electron chi connectivity index (χ2n) is 8.29. The van der Waals surface area contributed by atoms with E-state index in [0.29, 0.717) is 32.1 Å². The van der Waals surface area contributed by atoms with E-state index in [1.54, 1.807) is 17.0 Å². The van der Waals surface area contributed by atoms with Gasteiger partial charge in [0.2, 0.25) is 0 Å². The van der Waals surface area contributed by atoms with Crippen LogP contribution in [0.5, 0.6) is 0 Å². The van der Waals surface area contributed by atoms with Crippen molar-refractivity contribution in [2.24, 2.45) is 10.7 Å². The van der Waals surface area contributed by atoms with Crippen molar-refractivity contribution in [2.75, 3.05) is 19.6 Å². The van der Waals surface area contributed by atoms with Gasteiger partial charge < -0.3 is 15.4 Å². The van der Waals surface area contributed by atoms with Gasteiger partial charge in [0.05, 0.1) is 6.54 Å². The summed E-state index contributed by atoms with van der Waals surface area (Å²) in [6.45, 7) is 1.88. The minimum absolute atomic E-state index is 0.275. The number of guanidine groups is 1. The Morgan fingerprint density at radius 1 is 0.970 bits per heavy atom. The lowest BCUT2D eigenvalue weighted by molar-refractivity contribution is 0.0561. The highest BCUT2D eigenvalue weighted by Crippen LogP contribution is 2.45. The number of halogens is 1. The normalized spacial score (nSPS) is 19.8. The highest BCUT2D eigenvalue weighted by Gasteiger charge is 2.58. The molecule has 0 aromatic heterocycles. The fourth-order valence-corrected chi connectivity index (χ4v) is 4.72. The molecule has 1 amide bonds. The fourth-order valence-electron chi connectivity index (χ4n) is 4.72. The number of hydrogen-bond acceptors (Lipinski definition) is 3. The Balaban J connectivity index is 1.47. The number of nitrogens with zero attached hydrogens (tertiary/aromatic N) is 3. The van der Waals surface area contributed by atoms with E-state index >= 15 is 0 Å². The zero-order valence-electron chi connectivity index (χ0n) is 18.1. The molecule has 168 valence electrons. The Morgan fingerprint density at radius 3 is 2.18 bits per heavy atom. The van der Waals surface area contributed by atoms with Crippen LogP contribution in [0.1, 0.15) is 16.7 Å². The lowest BCUT2D eigenvalue weighted by atomic mass is 9.79. The van der Waals surface area contributed by atoms with Gasteiger partial charge in [0.15, 0.2) is 11.6 Å². The van der Waals surface area contributed by atoms with Crippen LogP contribution in [-0.4, -0.2) is 47.5 Å². The number of carbonyl (C=O) groups excluding carboxylic acids is 1. The number of nitrogens with two attached hydrogens (primary N) is 1. The molecule has 3 aromatic rings. The Bertz CT molecular complexity index is 1110. The summed E-state index contributed by atoms with van der Waals surface area (Å²) in [7, 11) is 0. The lowest BCUT2D eigenvalue weighted by Crippen LogP contribution is -2.59. The van der Waals surface area contributed by atoms with Crippen LogP contribution < -0.4 is 5.73 Å². The molecule has 0 spiro atoms. The number of ether oxygens (including phenoxy) is 1. The van der Waals surface area contributed by atoms with Gasteiger partial charge >= 0.3 is 6.09 Å². The highest BCUT2D eigenvalue weighted by atomic mass is 19.1. The van der Waals surface area contributed by atoms with Gasteiger partial charge in [-0.15, -0.1) is 0 Å². The van der Waals surface area contributed by atoms with E-state index in [0.717, 1.165) is 16.7 Å². The second-order valence-corrected chi connectivity index (χ2v) is 8.29. The van der Waals surface area contributed by atoms with Crippen LogP contribution in [0.4, 0.5) is 9.18 Å². The lowest BCUT2D eigenvalue weighted by Gasteiger charge is -2.42. The van der Waals surface area contributed by atoms with Crippen molar-refractivity contribution in [3.8, 4) is 0 Å². The quantitative estimate of drug-likeness (QED) is 0.492. The van der Waals surface area contributed by atoms with Gasteiger partial charge in [-0.05, 0) is 17.7 Å². The number of fused-ring (bicyclic) bond motifs is 1. The van der Waals surface area contributed by atoms with Gasteiger partial charge in [0, 0.05) is 30.8 Å². The number of benzene rings is 3. The molecule has 3 aromatic carbocycles. The van der Waals surface area contributed by atoms with E-state index < -0.39 is 5.60 Å². The largest absolute Gasteiger partial charge is 0.431 e. The summed E-state index contributed by atoms with van der Waals surface area (Å²) >= 11 is 0. The summed E-state index contributed by atoms with van der Waals surface area (Å²) in [4.78, 5) is 21.3. The van der Waals surface area contributed by atoms with Crippen molar-refractivity contribution in [1.29, 1.82) is 0 Å². The second kappa shape index (κ2) is 8.58. The van der Waals surface area contributed by atoms with Crippen molar-refractivity contribution >= 4 is 12.1 Å². The molecular weight excluding hydrogens is 419 g/mol. The molecule has 7 heteroatoms. The molecule has 1 atom stereocenters. The summed E-state index contributed by atoms with van der Waals surface area (Å²) in [5.74, 6) is 0.115. The molecule has 2 fully saturated rings. The molecule has 6 nitrogen and oxygen atoms in total. The van der Waals surface area contributed by atoms with Crippen LogP contribution in [0.3, 0.4) is 0 Å². The number of carbonyl (C=O) groups is 1. The predicted molar refractivity (Wildman–Crippen MR) is 124 cm³/mol. The average molecular weight is 445 g/mol. The summed E-state index contributed by atoms with van der Waals surface area (Å²) in [6, 6.07) is 25.6. The molecule has 0 aliphatic carbocycles. The van der Waals surface area contributed by atoms with Crippen molar-refractivity contribution in [2.45, 2.75) is 18.2 Å². The maximum atomic E-state index is 13.2. The Hall–Kier alpha value is -3.87. The molecule has 2 aliphatic rings. The van der Waals surface area contributed by atoms with Gasteiger partial charge in [-0.1, -0.05) is 72.8 Å². The summed E-state index contributed by atoms with van der Waals surface area (Å²) in [5, 5.41) is 0. The first-order valence-corrected chi connectivity index (χ1v) is 11.0. The molecule has 5 rings (SSSR count). The number of cyclic esters (lactones) is 1. The molecule has 33 heavy (non-hydrogen) atoms. The predicted octanol–water partition coefficient (Wildman–Crippen LogP) is 3.72. The summed E-state index contributed by atoms with van der Waals surface area (Å²) in [6.07, 6.45) is -0.325. The van der Waals surface area contributed by atoms with E-state index in [9.17, 15) is 9.18 Å². The molecule has 0 saturated carbocycles. The smallest absolute Gasteiger partial charge is 0.411 e. The SMILES string of the molecule is NC(=NCc1ccc(F)cc1)N1CCN2C(=O)OC(c3ccccc3)(c3ccccc3)C2C1. The van der Waals surface area contributed by atoms with Crippen molar-refractivity contribution in [3.05, 3.63) is 107 Å². The molecule has 2 saturated heterocycles. The Morgan fingerprint density at radius 2 is 1.58 bits per heavy atom. The zero-order valence-corrected chi connectivity index (χ0v) is 18.1. The topological polar surface area (TPSA) is 71.2 Å². The molecule has 2 N–H and O–H groups in total. The third kappa shape index (κ3) is 3.80. The molecule has 1 unspecified atom stereocenters. The van der Waals surface area contributed by atoms with Crippen molar-refractivity contribution in [1.82, 2.24) is 9.80 Å². The molecule has 2 heterocycles. The van der Waals surface area contributed by atoms with Crippen LogP contribution >= 0.6 is 0 Å². The van der Waals surface area contributed by atoms with Crippen LogP contribution in [0, 0.1) is 5.82 Å². The molecule has 0 radical (unpaired) electrons. The van der Waals surface area contributed by atoms with Crippen LogP contribution in [0.25, 0.3) is 0 Å². The standard InChI is InChI=1S/C26H25FN4O2/c27-22-13-11-19(12-14-22)17-29-24(28)30-15-16-31-23(18-30)26(33-25(31)32,20-7-3-1-4-8-20)21-9-5-2-6-10-21/h1-14,23H,15-18H2,(H2,28,29). The van der Waals surface area contributed by atoms with Gasteiger partial charge in [-0.2, -0.15) is 0 Å². The molecule has 2 aliphatic heterocycles. The number of amides is 1. The summed E-state index contributed by atoms with van der Waals surface area (Å²) in [5.41, 5.74) is 8.13. The van der Waals surface area contributed by atoms with Crippen molar-refractivity contribution in [3.63, 3.8) is 0 Å². The first kappa shape index (κ1) is 21.0. The monoisotopic (exact) mass is 444 g/mol. The number of aliphatic imine (C=N–C) groups is 1. The first-order chi connectivity index (χ1) is 16.1. The number of hydrogen-bond donors (Lipinski definition) is 1. The maximum Gasteiger partial charge on any atom is 0.411 e. The van der Waals surface area contributed by atoms with E-state index in [1.165, 1.54) is 12.1 Å². The number of piperazine rings is 1. The third-order valence-corrected chi connectivity index (χ3v) is 6.40. The minimum Gasteiger partial charge on any atom is -0.431 e. The first-order valence-electron chi connectivity index (χ1n) is 11.0. The molecular formula is C26H25FN4O2. The van der Waals surface area contributed by atoms with Crippen LogP contribution in [0.15, 0.2) is 89.9 Å². The third-order valence-electron chi connectivity index (χ3n) is 6.40. The highest BCUT2D eigenvalue weighted by molar-refractivity contribution is 5.80. The van der Waals surface area contributed by atoms with Crippen molar-refractivity contribution < 1.29 is 13.9 Å². The average Bonchev–Trinajstić information content (AvgIpc) is 3.17. The van der Waals surface area contributed by atoms with E-state index in [4.69, 9.17) is 10.5 Å². The van der Waals surface area contributed by atoms with E-state index in [1.807, 2.05) is 65.6 Å². The van der Waals surface area contributed by atoms with Crippen LogP contribution in [-0.2, 0) is 16.9 Å². The maximum absolute atomic E-state index is 13.2.